The fourth-order valence-corrected chi connectivity index (χ4v) is 2.57. The van der Waals surface area contributed by atoms with Gasteiger partial charge in [0, 0.05) is 13.1 Å². The molecular formula is C15H21ClN2O4. The average Bonchev–Trinajstić information content (AvgIpc) is 3.01. The Balaban J connectivity index is 0.00000176. The lowest BCUT2D eigenvalue weighted by Crippen LogP contribution is -2.35. The Morgan fingerprint density at radius 2 is 2.00 bits per heavy atom. The van der Waals surface area contributed by atoms with Crippen LogP contribution in [0.2, 0.25) is 0 Å². The van der Waals surface area contributed by atoms with Crippen molar-refractivity contribution in [2.45, 2.75) is 31.6 Å². The first-order valence-electron chi connectivity index (χ1n) is 7.28. The van der Waals surface area contributed by atoms with E-state index in [-0.39, 0.29) is 30.5 Å². The summed E-state index contributed by atoms with van der Waals surface area (Å²) < 4.78 is 16.6. The van der Waals surface area contributed by atoms with Crippen molar-refractivity contribution in [3.05, 3.63) is 23.8 Å². The lowest BCUT2D eigenvalue weighted by atomic mass is 10.1. The maximum atomic E-state index is 12.0. The van der Waals surface area contributed by atoms with Crippen molar-refractivity contribution in [1.82, 2.24) is 5.32 Å². The van der Waals surface area contributed by atoms with Gasteiger partial charge < -0.3 is 25.3 Å². The van der Waals surface area contributed by atoms with Gasteiger partial charge in [-0.1, -0.05) is 6.07 Å². The number of hydrogen-bond donors (Lipinski definition) is 2. The van der Waals surface area contributed by atoms with Crippen molar-refractivity contribution in [2.24, 2.45) is 5.73 Å². The van der Waals surface area contributed by atoms with Crippen molar-refractivity contribution >= 4 is 18.3 Å². The Bertz CT molecular complexity index is 526. The van der Waals surface area contributed by atoms with Gasteiger partial charge in [-0.05, 0) is 30.5 Å². The molecule has 0 saturated carbocycles. The van der Waals surface area contributed by atoms with Crippen molar-refractivity contribution in [1.29, 1.82) is 0 Å². The lowest BCUT2D eigenvalue weighted by Gasteiger charge is -2.19. The van der Waals surface area contributed by atoms with Gasteiger partial charge in [0.25, 0.3) is 0 Å². The fourth-order valence-electron chi connectivity index (χ4n) is 2.57. The van der Waals surface area contributed by atoms with E-state index >= 15 is 0 Å². The van der Waals surface area contributed by atoms with E-state index in [1.54, 1.807) is 0 Å². The quantitative estimate of drug-likeness (QED) is 0.861. The van der Waals surface area contributed by atoms with Crippen LogP contribution in [0.1, 0.15) is 18.4 Å². The molecule has 6 nitrogen and oxygen atoms in total. The zero-order valence-electron chi connectivity index (χ0n) is 12.2. The third-order valence-electron chi connectivity index (χ3n) is 3.74. The Morgan fingerprint density at radius 1 is 1.23 bits per heavy atom. The molecule has 2 atom stereocenters. The molecule has 0 aliphatic carbocycles. The number of carbonyl (C=O) groups excluding carboxylic acids is 1. The number of ether oxygens (including phenoxy) is 3. The Kier molecular flexibility index (Phi) is 5.88. The Hall–Kier alpha value is -1.50. The molecule has 2 aliphatic rings. The van der Waals surface area contributed by atoms with Gasteiger partial charge in [0.1, 0.15) is 19.3 Å². The monoisotopic (exact) mass is 328 g/mol. The molecular weight excluding hydrogens is 308 g/mol. The van der Waals surface area contributed by atoms with Gasteiger partial charge in [0.05, 0.1) is 6.10 Å². The summed E-state index contributed by atoms with van der Waals surface area (Å²) in [7, 11) is 0. The second kappa shape index (κ2) is 7.67. The summed E-state index contributed by atoms with van der Waals surface area (Å²) in [5.41, 5.74) is 6.52. The van der Waals surface area contributed by atoms with Crippen LogP contribution in [0.3, 0.4) is 0 Å². The van der Waals surface area contributed by atoms with E-state index in [1.165, 1.54) is 0 Å². The van der Waals surface area contributed by atoms with Crippen LogP contribution in [0.15, 0.2) is 18.2 Å². The van der Waals surface area contributed by atoms with Crippen LogP contribution >= 0.6 is 12.4 Å². The van der Waals surface area contributed by atoms with Crippen LogP contribution < -0.4 is 20.5 Å². The van der Waals surface area contributed by atoms with Crippen LogP contribution in [0.25, 0.3) is 0 Å². The summed E-state index contributed by atoms with van der Waals surface area (Å²) in [5.74, 6) is 1.40. The third-order valence-corrected chi connectivity index (χ3v) is 3.74. The van der Waals surface area contributed by atoms with E-state index in [0.717, 1.165) is 29.9 Å². The molecule has 122 valence electrons. The van der Waals surface area contributed by atoms with Gasteiger partial charge in [0.15, 0.2) is 11.5 Å². The van der Waals surface area contributed by atoms with Crippen molar-refractivity contribution in [2.75, 3.05) is 19.8 Å². The molecule has 2 heterocycles. The highest BCUT2D eigenvalue weighted by atomic mass is 35.5. The summed E-state index contributed by atoms with van der Waals surface area (Å²) >= 11 is 0. The molecule has 7 heteroatoms. The Labute approximate surface area is 135 Å². The summed E-state index contributed by atoms with van der Waals surface area (Å²) in [5, 5.41) is 2.89. The van der Waals surface area contributed by atoms with Crippen molar-refractivity contribution < 1.29 is 19.0 Å². The lowest BCUT2D eigenvalue weighted by molar-refractivity contribution is -0.132. The minimum absolute atomic E-state index is 0. The van der Waals surface area contributed by atoms with E-state index in [0.29, 0.717) is 26.3 Å². The number of rotatable bonds is 4. The van der Waals surface area contributed by atoms with E-state index in [4.69, 9.17) is 19.9 Å². The number of nitrogens with two attached hydrogens (primary N) is 1. The molecule has 0 radical (unpaired) electrons. The zero-order valence-corrected chi connectivity index (χ0v) is 13.1. The van der Waals surface area contributed by atoms with Crippen LogP contribution in [0.4, 0.5) is 0 Å². The molecule has 22 heavy (non-hydrogen) atoms. The zero-order chi connectivity index (χ0) is 14.7. The number of halogens is 1. The van der Waals surface area contributed by atoms with Crippen LogP contribution in [0.5, 0.6) is 11.5 Å². The molecule has 1 fully saturated rings. The van der Waals surface area contributed by atoms with Gasteiger partial charge >= 0.3 is 0 Å². The second-order valence-electron chi connectivity index (χ2n) is 5.26. The first-order chi connectivity index (χ1) is 10.3. The van der Waals surface area contributed by atoms with Gasteiger partial charge in [-0.25, -0.2) is 0 Å². The van der Waals surface area contributed by atoms with Crippen LogP contribution in [0, 0.1) is 0 Å². The SMILES string of the molecule is Cl.NC[C@H]1CC[C@@H](C(=O)NCc2ccc3c(c2)OCCO3)O1. The highest BCUT2D eigenvalue weighted by Gasteiger charge is 2.29. The minimum Gasteiger partial charge on any atom is -0.486 e. The molecule has 0 bridgehead atoms. The fraction of sp³-hybridized carbons (Fsp3) is 0.533. The van der Waals surface area contributed by atoms with E-state index < -0.39 is 0 Å². The standard InChI is InChI=1S/C15H20N2O4.ClH/c16-8-11-2-4-13(21-11)15(18)17-9-10-1-3-12-14(7-10)20-6-5-19-12;/h1,3,7,11,13H,2,4-6,8-9,16H2,(H,17,18);1H/t11-,13+;/m1./s1. The number of carbonyl (C=O) groups is 1. The van der Waals surface area contributed by atoms with E-state index in [1.807, 2.05) is 18.2 Å². The predicted octanol–water partition coefficient (Wildman–Crippen LogP) is 1.00. The summed E-state index contributed by atoms with van der Waals surface area (Å²) in [6, 6.07) is 5.69. The normalized spacial score (nSPS) is 22.8. The maximum Gasteiger partial charge on any atom is 0.249 e. The van der Waals surface area contributed by atoms with Gasteiger partial charge in [0.2, 0.25) is 5.91 Å². The first kappa shape index (κ1) is 16.9. The largest absolute Gasteiger partial charge is 0.486 e. The number of hydrogen-bond acceptors (Lipinski definition) is 5. The first-order valence-corrected chi connectivity index (χ1v) is 7.28. The molecule has 3 N–H and O–H groups in total. The third kappa shape index (κ3) is 3.82. The van der Waals surface area contributed by atoms with Crippen molar-refractivity contribution in [3.63, 3.8) is 0 Å². The smallest absolute Gasteiger partial charge is 0.249 e. The van der Waals surface area contributed by atoms with Crippen LogP contribution in [-0.2, 0) is 16.1 Å². The molecule has 1 aromatic carbocycles. The molecule has 1 saturated heterocycles. The highest BCUT2D eigenvalue weighted by molar-refractivity contribution is 5.85. The number of nitrogens with one attached hydrogen (secondary N) is 1. The van der Waals surface area contributed by atoms with E-state index in [2.05, 4.69) is 5.32 Å². The van der Waals surface area contributed by atoms with Gasteiger partial charge in [-0.3, -0.25) is 4.79 Å². The van der Waals surface area contributed by atoms with Crippen LogP contribution in [-0.4, -0.2) is 37.9 Å². The van der Waals surface area contributed by atoms with Gasteiger partial charge in [-0.15, -0.1) is 12.4 Å². The molecule has 0 unspecified atom stereocenters. The molecule has 3 rings (SSSR count). The van der Waals surface area contributed by atoms with Gasteiger partial charge in [-0.2, -0.15) is 0 Å². The summed E-state index contributed by atoms with van der Waals surface area (Å²) in [6.07, 6.45) is 1.21. The van der Waals surface area contributed by atoms with Crippen molar-refractivity contribution in [3.8, 4) is 11.5 Å². The topological polar surface area (TPSA) is 82.8 Å². The number of amides is 1. The molecule has 0 aromatic heterocycles. The highest BCUT2D eigenvalue weighted by Crippen LogP contribution is 2.30. The minimum atomic E-state index is -0.379. The molecule has 1 amide bonds. The molecule has 1 aromatic rings. The predicted molar refractivity (Wildman–Crippen MR) is 83.5 cm³/mol. The molecule has 0 spiro atoms. The number of benzene rings is 1. The maximum absolute atomic E-state index is 12.0. The van der Waals surface area contributed by atoms with E-state index in [9.17, 15) is 4.79 Å². The summed E-state index contributed by atoms with van der Waals surface area (Å²) in [6.45, 7) is 2.04. The Morgan fingerprint density at radius 3 is 2.73 bits per heavy atom. The molecule has 2 aliphatic heterocycles. The number of fused-ring (bicyclic) bond motifs is 1. The second-order valence-corrected chi connectivity index (χ2v) is 5.26. The average molecular weight is 329 g/mol. The summed E-state index contributed by atoms with van der Waals surface area (Å²) in [4.78, 5) is 12.0.